The van der Waals surface area contributed by atoms with E-state index in [1.54, 1.807) is 24.3 Å². The first-order chi connectivity index (χ1) is 14.5. The molecule has 0 saturated carbocycles. The Kier molecular flexibility index (Phi) is 7.56. The first kappa shape index (κ1) is 21.9. The van der Waals surface area contributed by atoms with E-state index in [9.17, 15) is 13.2 Å². The molecule has 3 aromatic rings. The Morgan fingerprint density at radius 2 is 1.47 bits per heavy atom. The van der Waals surface area contributed by atoms with Gasteiger partial charge in [0.1, 0.15) is 12.4 Å². The largest absolute Gasteiger partial charge is 0.486 e. The van der Waals surface area contributed by atoms with Crippen LogP contribution in [-0.2, 0) is 19.4 Å². The molecule has 0 saturated heterocycles. The van der Waals surface area contributed by atoms with Crippen molar-refractivity contribution in [1.29, 1.82) is 0 Å². The second kappa shape index (κ2) is 10.3. The van der Waals surface area contributed by atoms with Gasteiger partial charge in [0, 0.05) is 5.56 Å². The predicted octanol–water partition coefficient (Wildman–Crippen LogP) is 7.65. The van der Waals surface area contributed by atoms with Crippen LogP contribution in [0.15, 0.2) is 54.6 Å². The quantitative estimate of drug-likeness (QED) is 0.351. The van der Waals surface area contributed by atoms with Gasteiger partial charge in [-0.15, -0.1) is 0 Å². The highest BCUT2D eigenvalue weighted by Gasteiger charge is 2.14. The minimum atomic E-state index is -0.956. The van der Waals surface area contributed by atoms with Crippen LogP contribution >= 0.6 is 0 Å². The van der Waals surface area contributed by atoms with Crippen molar-refractivity contribution in [3.05, 3.63) is 88.7 Å². The van der Waals surface area contributed by atoms with Crippen molar-refractivity contribution in [3.8, 4) is 16.9 Å². The molecule has 0 aliphatic carbocycles. The molecule has 0 unspecified atom stereocenters. The number of aryl methyl sites for hydroxylation is 2. The molecule has 4 heteroatoms. The highest BCUT2D eigenvalue weighted by molar-refractivity contribution is 5.64. The monoisotopic (exact) mass is 412 g/mol. The lowest BCUT2D eigenvalue weighted by molar-refractivity contribution is 0.284. The lowest BCUT2D eigenvalue weighted by atomic mass is 10.00. The summed E-state index contributed by atoms with van der Waals surface area (Å²) in [7, 11) is 0. The van der Waals surface area contributed by atoms with Crippen LogP contribution in [0, 0.1) is 17.5 Å². The van der Waals surface area contributed by atoms with Gasteiger partial charge in [-0.25, -0.2) is 8.78 Å². The van der Waals surface area contributed by atoms with Gasteiger partial charge in [0.15, 0.2) is 11.6 Å². The van der Waals surface area contributed by atoms with E-state index in [1.807, 2.05) is 31.2 Å². The molecule has 0 aliphatic heterocycles. The topological polar surface area (TPSA) is 9.23 Å². The van der Waals surface area contributed by atoms with E-state index in [2.05, 4.69) is 6.92 Å². The average Bonchev–Trinajstić information content (AvgIpc) is 2.76. The zero-order chi connectivity index (χ0) is 21.5. The molecule has 0 radical (unpaired) electrons. The van der Waals surface area contributed by atoms with Crippen LogP contribution in [0.4, 0.5) is 13.2 Å². The van der Waals surface area contributed by atoms with Gasteiger partial charge in [0.05, 0.1) is 0 Å². The van der Waals surface area contributed by atoms with Gasteiger partial charge in [-0.3, -0.25) is 0 Å². The third-order valence-corrected chi connectivity index (χ3v) is 5.16. The fourth-order valence-electron chi connectivity index (χ4n) is 3.42. The number of ether oxygens (including phenoxy) is 1. The fourth-order valence-corrected chi connectivity index (χ4v) is 3.42. The number of unbranched alkanes of at least 4 members (excludes halogenated alkanes) is 1. The van der Waals surface area contributed by atoms with Crippen molar-refractivity contribution in [3.63, 3.8) is 0 Å². The molecule has 0 aromatic heterocycles. The Morgan fingerprint density at radius 3 is 2.13 bits per heavy atom. The lowest BCUT2D eigenvalue weighted by Gasteiger charge is -2.11. The molecule has 30 heavy (non-hydrogen) atoms. The van der Waals surface area contributed by atoms with Gasteiger partial charge < -0.3 is 4.74 Å². The smallest absolute Gasteiger partial charge is 0.200 e. The molecule has 0 N–H and O–H groups in total. The van der Waals surface area contributed by atoms with Crippen molar-refractivity contribution in [1.82, 2.24) is 0 Å². The molecule has 0 spiro atoms. The summed E-state index contributed by atoms with van der Waals surface area (Å²) in [6, 6.07) is 15.6. The van der Waals surface area contributed by atoms with Crippen LogP contribution < -0.4 is 4.74 Å². The minimum absolute atomic E-state index is 0.0994. The van der Waals surface area contributed by atoms with Crippen molar-refractivity contribution in [2.75, 3.05) is 0 Å². The summed E-state index contributed by atoms with van der Waals surface area (Å²) < 4.78 is 48.2. The van der Waals surface area contributed by atoms with Crippen LogP contribution in [-0.4, -0.2) is 0 Å². The summed E-state index contributed by atoms with van der Waals surface area (Å²) >= 11 is 0. The fraction of sp³-hybridized carbons (Fsp3) is 0.308. The summed E-state index contributed by atoms with van der Waals surface area (Å²) in [6.45, 7) is 4.13. The predicted molar refractivity (Wildman–Crippen MR) is 115 cm³/mol. The van der Waals surface area contributed by atoms with E-state index in [0.29, 0.717) is 17.5 Å². The van der Waals surface area contributed by atoms with Crippen LogP contribution in [0.25, 0.3) is 11.1 Å². The van der Waals surface area contributed by atoms with E-state index >= 15 is 0 Å². The maximum absolute atomic E-state index is 14.5. The van der Waals surface area contributed by atoms with Gasteiger partial charge in [0.25, 0.3) is 0 Å². The number of hydrogen-bond donors (Lipinski definition) is 0. The van der Waals surface area contributed by atoms with E-state index in [4.69, 9.17) is 4.74 Å². The number of hydrogen-bond acceptors (Lipinski definition) is 1. The summed E-state index contributed by atoms with van der Waals surface area (Å²) in [5.74, 6) is -2.15. The van der Waals surface area contributed by atoms with E-state index in [-0.39, 0.29) is 18.2 Å². The highest BCUT2D eigenvalue weighted by Crippen LogP contribution is 2.27. The van der Waals surface area contributed by atoms with E-state index in [1.165, 1.54) is 6.07 Å². The summed E-state index contributed by atoms with van der Waals surface area (Å²) in [4.78, 5) is 0. The SMILES string of the molecule is CCCCc1ccc(-c2ccc(COc3ccc(CCC)c(F)c3F)cc2)c(F)c1. The van der Waals surface area contributed by atoms with Gasteiger partial charge in [0.2, 0.25) is 5.82 Å². The first-order valence-corrected chi connectivity index (χ1v) is 10.5. The van der Waals surface area contributed by atoms with Gasteiger partial charge in [-0.05, 0) is 53.6 Å². The molecular weight excluding hydrogens is 385 g/mol. The highest BCUT2D eigenvalue weighted by atomic mass is 19.2. The summed E-state index contributed by atoms with van der Waals surface area (Å²) in [5.41, 5.74) is 3.45. The van der Waals surface area contributed by atoms with Crippen LogP contribution in [0.2, 0.25) is 0 Å². The molecule has 0 bridgehead atoms. The number of halogens is 3. The molecule has 1 nitrogen and oxygen atoms in total. The van der Waals surface area contributed by atoms with E-state index < -0.39 is 11.6 Å². The Bertz CT molecular complexity index is 980. The summed E-state index contributed by atoms with van der Waals surface area (Å²) in [5, 5.41) is 0. The molecule has 3 rings (SSSR count). The first-order valence-electron chi connectivity index (χ1n) is 10.5. The second-order valence-corrected chi connectivity index (χ2v) is 7.50. The molecule has 0 atom stereocenters. The second-order valence-electron chi connectivity index (χ2n) is 7.50. The van der Waals surface area contributed by atoms with Crippen molar-refractivity contribution in [2.45, 2.75) is 52.6 Å². The van der Waals surface area contributed by atoms with Gasteiger partial charge in [-0.2, -0.15) is 4.39 Å². The standard InChI is InChI=1S/C26H27F3O/c1-3-5-7-18-10-14-22(23(27)16-18)20-11-8-19(9-12-20)17-30-24-15-13-21(6-4-2)25(28)26(24)29/h8-16H,3-7,17H2,1-2H3. The molecular formula is C26H27F3O. The molecule has 0 fully saturated rings. The molecule has 0 heterocycles. The van der Waals surface area contributed by atoms with Crippen molar-refractivity contribution < 1.29 is 17.9 Å². The van der Waals surface area contributed by atoms with Crippen LogP contribution in [0.1, 0.15) is 49.8 Å². The Morgan fingerprint density at radius 1 is 0.733 bits per heavy atom. The Hall–Kier alpha value is -2.75. The van der Waals surface area contributed by atoms with Gasteiger partial charge >= 0.3 is 0 Å². The molecule has 3 aromatic carbocycles. The van der Waals surface area contributed by atoms with Crippen LogP contribution in [0.5, 0.6) is 5.75 Å². The maximum atomic E-state index is 14.5. The lowest BCUT2D eigenvalue weighted by Crippen LogP contribution is -2.01. The average molecular weight is 412 g/mol. The minimum Gasteiger partial charge on any atom is -0.486 e. The zero-order valence-corrected chi connectivity index (χ0v) is 17.5. The van der Waals surface area contributed by atoms with Crippen molar-refractivity contribution in [2.24, 2.45) is 0 Å². The molecule has 0 aliphatic rings. The Balaban J connectivity index is 1.67. The van der Waals surface area contributed by atoms with E-state index in [0.717, 1.165) is 42.4 Å². The van der Waals surface area contributed by atoms with Gasteiger partial charge in [-0.1, -0.05) is 69.2 Å². The maximum Gasteiger partial charge on any atom is 0.200 e. The molecule has 0 amide bonds. The third-order valence-electron chi connectivity index (χ3n) is 5.16. The Labute approximate surface area is 176 Å². The normalized spacial score (nSPS) is 11.0. The number of rotatable bonds is 9. The zero-order valence-electron chi connectivity index (χ0n) is 17.5. The molecule has 158 valence electrons. The van der Waals surface area contributed by atoms with Crippen LogP contribution in [0.3, 0.4) is 0 Å². The third kappa shape index (κ3) is 5.24. The summed E-state index contributed by atoms with van der Waals surface area (Å²) in [6.07, 6.45) is 4.22. The number of benzene rings is 3. The van der Waals surface area contributed by atoms with Crippen molar-refractivity contribution >= 4 is 0 Å².